The number of carbonyl (C=O) groups is 1. The van der Waals surface area contributed by atoms with Crippen LogP contribution < -0.4 is 9.62 Å². The van der Waals surface area contributed by atoms with Gasteiger partial charge < -0.3 is 5.32 Å². The molecule has 9 heteroatoms. The molecule has 0 saturated carbocycles. The second kappa shape index (κ2) is 7.59. The van der Waals surface area contributed by atoms with Crippen molar-refractivity contribution in [2.24, 2.45) is 0 Å². The fourth-order valence-electron chi connectivity index (χ4n) is 2.56. The van der Waals surface area contributed by atoms with Gasteiger partial charge >= 0.3 is 6.18 Å². The summed E-state index contributed by atoms with van der Waals surface area (Å²) in [7, 11) is -3.77. The Morgan fingerprint density at radius 2 is 1.70 bits per heavy atom. The van der Waals surface area contributed by atoms with Gasteiger partial charge in [-0.2, -0.15) is 13.2 Å². The van der Waals surface area contributed by atoms with E-state index in [0.717, 1.165) is 40.4 Å². The molecule has 1 amide bonds. The maximum Gasteiger partial charge on any atom is 0.416 e. The minimum absolute atomic E-state index is 0.137. The number of anilines is 2. The van der Waals surface area contributed by atoms with Crippen molar-refractivity contribution in [3.63, 3.8) is 0 Å². The van der Waals surface area contributed by atoms with E-state index in [9.17, 15) is 26.4 Å². The van der Waals surface area contributed by atoms with Gasteiger partial charge in [-0.05, 0) is 55.8 Å². The fourth-order valence-corrected chi connectivity index (χ4v) is 3.73. The van der Waals surface area contributed by atoms with E-state index in [1.807, 2.05) is 0 Å². The highest BCUT2D eigenvalue weighted by atomic mass is 32.2. The van der Waals surface area contributed by atoms with E-state index in [1.165, 1.54) is 6.92 Å². The summed E-state index contributed by atoms with van der Waals surface area (Å²) in [6.45, 7) is 3.19. The highest BCUT2D eigenvalue weighted by molar-refractivity contribution is 7.92. The van der Waals surface area contributed by atoms with Crippen molar-refractivity contribution in [3.8, 4) is 0 Å². The zero-order valence-corrected chi connectivity index (χ0v) is 15.7. The maximum atomic E-state index is 12.6. The average molecular weight is 400 g/mol. The molecule has 0 aromatic heterocycles. The topological polar surface area (TPSA) is 66.5 Å². The molecule has 0 heterocycles. The van der Waals surface area contributed by atoms with Crippen LogP contribution in [0.15, 0.2) is 48.5 Å². The summed E-state index contributed by atoms with van der Waals surface area (Å²) in [5, 5.41) is 2.44. The average Bonchev–Trinajstić information content (AvgIpc) is 2.53. The van der Waals surface area contributed by atoms with Crippen molar-refractivity contribution in [1.82, 2.24) is 0 Å². The number of benzene rings is 2. The van der Waals surface area contributed by atoms with Gasteiger partial charge in [0.05, 0.1) is 17.5 Å². The van der Waals surface area contributed by atoms with Gasteiger partial charge in [0.2, 0.25) is 15.9 Å². The van der Waals surface area contributed by atoms with E-state index in [2.05, 4.69) is 5.32 Å². The van der Waals surface area contributed by atoms with Gasteiger partial charge in [-0.25, -0.2) is 8.42 Å². The third-order valence-corrected chi connectivity index (χ3v) is 5.07. The van der Waals surface area contributed by atoms with Crippen LogP contribution in [-0.2, 0) is 21.0 Å². The Balaban J connectivity index is 2.25. The molecule has 2 aromatic carbocycles. The van der Waals surface area contributed by atoms with Crippen LogP contribution in [0.1, 0.15) is 18.1 Å². The lowest BCUT2D eigenvalue weighted by Crippen LogP contribution is -2.45. The second-order valence-electron chi connectivity index (χ2n) is 6.14. The molecule has 0 aliphatic carbocycles. The van der Waals surface area contributed by atoms with Crippen LogP contribution >= 0.6 is 0 Å². The van der Waals surface area contributed by atoms with Gasteiger partial charge in [0.15, 0.2) is 0 Å². The molecule has 1 atom stereocenters. The van der Waals surface area contributed by atoms with Crippen molar-refractivity contribution in [3.05, 3.63) is 59.7 Å². The number of rotatable bonds is 5. The number of carbonyl (C=O) groups excluding carboxylic acids is 1. The molecule has 146 valence electrons. The second-order valence-corrected chi connectivity index (χ2v) is 8.00. The van der Waals surface area contributed by atoms with Crippen LogP contribution in [0.25, 0.3) is 0 Å². The van der Waals surface area contributed by atoms with E-state index in [4.69, 9.17) is 0 Å². The molecule has 2 aromatic rings. The number of alkyl halides is 3. The number of halogens is 3. The first-order valence-corrected chi connectivity index (χ1v) is 9.78. The molecule has 0 fully saturated rings. The number of aryl methyl sites for hydroxylation is 1. The van der Waals surface area contributed by atoms with Crippen LogP contribution in [0.2, 0.25) is 0 Å². The summed E-state index contributed by atoms with van der Waals surface area (Å²) in [5.74, 6) is -0.665. The lowest BCUT2D eigenvalue weighted by molar-refractivity contribution is -0.137. The lowest BCUT2D eigenvalue weighted by Gasteiger charge is -2.28. The van der Waals surface area contributed by atoms with Crippen molar-refractivity contribution >= 4 is 27.3 Å². The monoisotopic (exact) mass is 400 g/mol. The molecule has 27 heavy (non-hydrogen) atoms. The summed E-state index contributed by atoms with van der Waals surface area (Å²) in [6, 6.07) is 9.46. The molecule has 0 aliphatic heterocycles. The minimum atomic E-state index is -4.48. The number of amides is 1. The summed E-state index contributed by atoms with van der Waals surface area (Å²) in [5.41, 5.74) is 0.438. The predicted octanol–water partition coefficient (Wildman–Crippen LogP) is 3.81. The van der Waals surface area contributed by atoms with E-state index < -0.39 is 33.7 Å². The van der Waals surface area contributed by atoms with Gasteiger partial charge in [0.25, 0.3) is 0 Å². The smallest absolute Gasteiger partial charge is 0.324 e. The number of hydrogen-bond acceptors (Lipinski definition) is 3. The SMILES string of the molecule is Cc1cccc(N([C@H](C)C(=O)Nc2ccc(C(F)(F)F)cc2)S(C)(=O)=O)c1. The number of hydrogen-bond donors (Lipinski definition) is 1. The van der Waals surface area contributed by atoms with Gasteiger partial charge in [0, 0.05) is 5.69 Å². The highest BCUT2D eigenvalue weighted by Crippen LogP contribution is 2.30. The molecular weight excluding hydrogens is 381 g/mol. The highest BCUT2D eigenvalue weighted by Gasteiger charge is 2.31. The quantitative estimate of drug-likeness (QED) is 0.830. The molecule has 0 saturated heterocycles. The summed E-state index contributed by atoms with van der Waals surface area (Å²) in [6.07, 6.45) is -3.49. The van der Waals surface area contributed by atoms with Crippen LogP contribution in [0.5, 0.6) is 0 Å². The summed E-state index contributed by atoms with van der Waals surface area (Å²) < 4.78 is 63.2. The van der Waals surface area contributed by atoms with Gasteiger partial charge in [0.1, 0.15) is 6.04 Å². The molecule has 5 nitrogen and oxygen atoms in total. The van der Waals surface area contributed by atoms with Crippen molar-refractivity contribution in [2.75, 3.05) is 15.9 Å². The predicted molar refractivity (Wildman–Crippen MR) is 98.0 cm³/mol. The Labute approximate surface area is 155 Å². The van der Waals surface area contributed by atoms with E-state index in [1.54, 1.807) is 31.2 Å². The Kier molecular flexibility index (Phi) is 5.84. The van der Waals surface area contributed by atoms with E-state index in [-0.39, 0.29) is 5.69 Å². The lowest BCUT2D eigenvalue weighted by atomic mass is 10.2. The molecule has 2 rings (SSSR count). The third-order valence-electron chi connectivity index (χ3n) is 3.82. The Hall–Kier alpha value is -2.55. The Morgan fingerprint density at radius 1 is 1.11 bits per heavy atom. The zero-order valence-electron chi connectivity index (χ0n) is 14.9. The van der Waals surface area contributed by atoms with Crippen molar-refractivity contribution < 1.29 is 26.4 Å². The van der Waals surface area contributed by atoms with Crippen LogP contribution in [0.3, 0.4) is 0 Å². The van der Waals surface area contributed by atoms with Crippen LogP contribution in [0.4, 0.5) is 24.5 Å². The van der Waals surface area contributed by atoms with Gasteiger partial charge in [-0.1, -0.05) is 12.1 Å². The number of nitrogens with zero attached hydrogens (tertiary/aromatic N) is 1. The minimum Gasteiger partial charge on any atom is -0.324 e. The van der Waals surface area contributed by atoms with E-state index in [0.29, 0.717) is 5.69 Å². The van der Waals surface area contributed by atoms with Gasteiger partial charge in [-0.15, -0.1) is 0 Å². The number of nitrogens with one attached hydrogen (secondary N) is 1. The molecule has 1 N–H and O–H groups in total. The fraction of sp³-hybridized carbons (Fsp3) is 0.278. The van der Waals surface area contributed by atoms with Gasteiger partial charge in [-0.3, -0.25) is 9.10 Å². The normalized spacial score (nSPS) is 13.1. The van der Waals surface area contributed by atoms with Crippen molar-refractivity contribution in [2.45, 2.75) is 26.1 Å². The van der Waals surface area contributed by atoms with Crippen LogP contribution in [-0.4, -0.2) is 26.6 Å². The standard InChI is InChI=1S/C18H19F3N2O3S/c1-12-5-4-6-16(11-12)23(27(3,25)26)13(2)17(24)22-15-9-7-14(8-10-15)18(19,20)21/h4-11,13H,1-3H3,(H,22,24)/t13-/m1/s1. The third kappa shape index (κ3) is 5.22. The molecule has 0 unspecified atom stereocenters. The first-order valence-electron chi connectivity index (χ1n) is 7.94. The summed E-state index contributed by atoms with van der Waals surface area (Å²) in [4.78, 5) is 12.5. The number of sulfonamides is 1. The summed E-state index contributed by atoms with van der Waals surface area (Å²) >= 11 is 0. The Bertz CT molecular complexity index is 926. The van der Waals surface area contributed by atoms with Crippen molar-refractivity contribution in [1.29, 1.82) is 0 Å². The van der Waals surface area contributed by atoms with Crippen LogP contribution in [0, 0.1) is 6.92 Å². The first-order chi connectivity index (χ1) is 12.4. The maximum absolute atomic E-state index is 12.6. The molecular formula is C18H19F3N2O3S. The largest absolute Gasteiger partial charge is 0.416 e. The van der Waals surface area contributed by atoms with E-state index >= 15 is 0 Å². The molecule has 0 aliphatic rings. The molecule has 0 bridgehead atoms. The first kappa shape index (κ1) is 20.8. The molecule has 0 spiro atoms. The molecule has 0 radical (unpaired) electrons. The zero-order chi connectivity index (χ0) is 20.4. The Morgan fingerprint density at radius 3 is 2.19 bits per heavy atom.